The molecule has 3 saturated carbocycles. The van der Waals surface area contributed by atoms with Crippen molar-refractivity contribution in [3.63, 3.8) is 0 Å². The van der Waals surface area contributed by atoms with E-state index in [4.69, 9.17) is 4.74 Å². The van der Waals surface area contributed by atoms with Crippen molar-refractivity contribution in [3.8, 4) is 0 Å². The zero-order valence-corrected chi connectivity index (χ0v) is 16.8. The van der Waals surface area contributed by atoms with Crippen LogP contribution in [0.2, 0.25) is 0 Å². The van der Waals surface area contributed by atoms with Gasteiger partial charge in [-0.15, -0.1) is 0 Å². The Hall–Kier alpha value is -1.06. The lowest BCUT2D eigenvalue weighted by molar-refractivity contribution is -0.169. The monoisotopic (exact) mass is 347 g/mol. The van der Waals surface area contributed by atoms with Crippen molar-refractivity contribution in [3.05, 3.63) is 0 Å². The Balaban J connectivity index is 1.64. The molecule has 3 aliphatic carbocycles. The van der Waals surface area contributed by atoms with Crippen LogP contribution in [0.25, 0.3) is 0 Å². The molecule has 4 bridgehead atoms. The van der Waals surface area contributed by atoms with E-state index in [1.165, 1.54) is 6.42 Å². The second-order valence-electron chi connectivity index (χ2n) is 11.0. The zero-order chi connectivity index (χ0) is 18.7. The average molecular weight is 347 g/mol. The van der Waals surface area contributed by atoms with E-state index in [1.54, 1.807) is 0 Å². The van der Waals surface area contributed by atoms with E-state index in [0.29, 0.717) is 6.42 Å². The molecule has 4 aliphatic rings. The normalized spacial score (nSPS) is 51.6. The highest BCUT2D eigenvalue weighted by Gasteiger charge is 2.76. The number of fused-ring (bicyclic) bond motifs is 4. The Morgan fingerprint density at radius 1 is 0.960 bits per heavy atom. The Morgan fingerprint density at radius 3 is 2.00 bits per heavy atom. The lowest BCUT2D eigenvalue weighted by atomic mass is 9.65. The van der Waals surface area contributed by atoms with Gasteiger partial charge in [-0.3, -0.25) is 9.59 Å². The number of ether oxygens (including phenoxy) is 1. The highest BCUT2D eigenvalue weighted by molar-refractivity contribution is 5.96. The van der Waals surface area contributed by atoms with Crippen molar-refractivity contribution in [2.45, 2.75) is 92.2 Å². The molecule has 5 atom stereocenters. The average Bonchev–Trinajstić information content (AvgIpc) is 2.94. The maximum Gasteiger partial charge on any atom is 0.313 e. The first kappa shape index (κ1) is 17.4. The van der Waals surface area contributed by atoms with Crippen LogP contribution in [0.4, 0.5) is 0 Å². The summed E-state index contributed by atoms with van der Waals surface area (Å²) in [5.74, 6) is -0.268. The van der Waals surface area contributed by atoms with Crippen LogP contribution < -0.4 is 5.32 Å². The fourth-order valence-corrected chi connectivity index (χ4v) is 6.73. The standard InChI is InChI=1S/C21H33NO3/c1-16(2)18(5)8-9-19(16,6)13(12-18)22-14(23)21-11-10-20(7,15(24)25-21)17(21,3)4/h13H,8-12H2,1-7H3,(H,22,23)/t13-,18-,19+,20-,21+/m1/s1. The van der Waals surface area contributed by atoms with Gasteiger partial charge in [0.15, 0.2) is 5.60 Å². The molecule has 4 fully saturated rings. The molecule has 0 aromatic carbocycles. The first-order valence-electron chi connectivity index (χ1n) is 9.82. The number of carbonyl (C=O) groups excluding carboxylic acids is 2. The first-order valence-corrected chi connectivity index (χ1v) is 9.82. The fourth-order valence-electron chi connectivity index (χ4n) is 6.73. The van der Waals surface area contributed by atoms with Crippen molar-refractivity contribution in [1.29, 1.82) is 0 Å². The van der Waals surface area contributed by atoms with Crippen LogP contribution in [0, 0.1) is 27.1 Å². The molecule has 1 aliphatic heterocycles. The van der Waals surface area contributed by atoms with Crippen molar-refractivity contribution in [2.24, 2.45) is 27.1 Å². The number of esters is 1. The predicted octanol–water partition coefficient (Wildman–Crippen LogP) is 3.83. The van der Waals surface area contributed by atoms with Crippen LogP contribution in [-0.2, 0) is 14.3 Å². The molecule has 4 rings (SSSR count). The summed E-state index contributed by atoms with van der Waals surface area (Å²) in [5, 5.41) is 3.37. The molecule has 0 unspecified atom stereocenters. The molecule has 1 N–H and O–H groups in total. The maximum atomic E-state index is 13.4. The molecule has 0 aromatic heterocycles. The highest BCUT2D eigenvalue weighted by Crippen LogP contribution is 2.72. The van der Waals surface area contributed by atoms with Crippen LogP contribution in [0.3, 0.4) is 0 Å². The molecule has 1 amide bonds. The molecule has 4 nitrogen and oxygen atoms in total. The smallest absolute Gasteiger partial charge is 0.313 e. The van der Waals surface area contributed by atoms with Crippen LogP contribution in [-0.4, -0.2) is 23.5 Å². The van der Waals surface area contributed by atoms with Gasteiger partial charge in [-0.25, -0.2) is 0 Å². The summed E-state index contributed by atoms with van der Waals surface area (Å²) in [4.78, 5) is 25.9. The third-order valence-electron chi connectivity index (χ3n) is 10.3. The van der Waals surface area contributed by atoms with E-state index < -0.39 is 16.4 Å². The molecule has 140 valence electrons. The molecular formula is C21H33NO3. The van der Waals surface area contributed by atoms with Crippen molar-refractivity contribution < 1.29 is 14.3 Å². The largest absolute Gasteiger partial charge is 0.448 e. The molecule has 0 aromatic rings. The van der Waals surface area contributed by atoms with Gasteiger partial charge in [-0.05, 0) is 55.3 Å². The molecule has 0 radical (unpaired) electrons. The van der Waals surface area contributed by atoms with E-state index in [-0.39, 0.29) is 34.2 Å². The summed E-state index contributed by atoms with van der Waals surface area (Å²) in [6.07, 6.45) is 4.77. The van der Waals surface area contributed by atoms with E-state index in [0.717, 1.165) is 19.3 Å². The number of nitrogens with one attached hydrogen (secondary N) is 1. The lowest BCUT2D eigenvalue weighted by Crippen LogP contribution is -2.58. The van der Waals surface area contributed by atoms with E-state index >= 15 is 0 Å². The van der Waals surface area contributed by atoms with Gasteiger partial charge in [-0.2, -0.15) is 0 Å². The second kappa shape index (κ2) is 4.26. The molecule has 25 heavy (non-hydrogen) atoms. The van der Waals surface area contributed by atoms with E-state index in [2.05, 4.69) is 33.0 Å². The lowest BCUT2D eigenvalue weighted by Gasteiger charge is -2.42. The van der Waals surface area contributed by atoms with E-state index in [1.807, 2.05) is 20.8 Å². The molecule has 4 heteroatoms. The summed E-state index contributed by atoms with van der Waals surface area (Å²) in [7, 11) is 0. The third kappa shape index (κ3) is 1.54. The number of carbonyl (C=O) groups is 2. The van der Waals surface area contributed by atoms with Crippen molar-refractivity contribution in [2.75, 3.05) is 0 Å². The fraction of sp³-hybridized carbons (Fsp3) is 0.905. The Kier molecular flexibility index (Phi) is 2.95. The van der Waals surface area contributed by atoms with Gasteiger partial charge in [0, 0.05) is 11.5 Å². The minimum Gasteiger partial charge on any atom is -0.448 e. The minimum atomic E-state index is -0.998. The van der Waals surface area contributed by atoms with Gasteiger partial charge in [0.1, 0.15) is 0 Å². The number of hydrogen-bond donors (Lipinski definition) is 1. The number of hydrogen-bond acceptors (Lipinski definition) is 3. The molecule has 1 saturated heterocycles. The Morgan fingerprint density at radius 2 is 1.60 bits per heavy atom. The highest BCUT2D eigenvalue weighted by atomic mass is 16.6. The van der Waals surface area contributed by atoms with Gasteiger partial charge in [0.2, 0.25) is 0 Å². The van der Waals surface area contributed by atoms with Crippen molar-refractivity contribution in [1.82, 2.24) is 5.32 Å². The first-order chi connectivity index (χ1) is 11.3. The summed E-state index contributed by atoms with van der Waals surface area (Å²) >= 11 is 0. The summed E-state index contributed by atoms with van der Waals surface area (Å²) in [6, 6.07) is 0.157. The van der Waals surface area contributed by atoms with Crippen LogP contribution in [0.1, 0.15) is 80.6 Å². The van der Waals surface area contributed by atoms with Crippen molar-refractivity contribution >= 4 is 11.9 Å². The molecular weight excluding hydrogens is 314 g/mol. The minimum absolute atomic E-state index is 0.0646. The van der Waals surface area contributed by atoms with Crippen LogP contribution >= 0.6 is 0 Å². The summed E-state index contributed by atoms with van der Waals surface area (Å²) in [6.45, 7) is 15.4. The predicted molar refractivity (Wildman–Crippen MR) is 95.7 cm³/mol. The van der Waals surface area contributed by atoms with Crippen LogP contribution in [0.5, 0.6) is 0 Å². The SMILES string of the molecule is CC1(C)[C@]2(C)CC[C@@]1(C)[C@H](NC(=O)[C@]13CC[C@](C)(C(=O)O1)C3(C)C)C2. The maximum absolute atomic E-state index is 13.4. The molecule has 1 heterocycles. The third-order valence-corrected chi connectivity index (χ3v) is 10.3. The zero-order valence-electron chi connectivity index (χ0n) is 16.8. The number of amides is 1. The van der Waals surface area contributed by atoms with E-state index in [9.17, 15) is 9.59 Å². The van der Waals surface area contributed by atoms with Gasteiger partial charge >= 0.3 is 5.97 Å². The molecule has 0 spiro atoms. The topological polar surface area (TPSA) is 55.4 Å². The van der Waals surface area contributed by atoms with Crippen LogP contribution in [0.15, 0.2) is 0 Å². The second-order valence-corrected chi connectivity index (χ2v) is 11.0. The van der Waals surface area contributed by atoms with Gasteiger partial charge in [0.05, 0.1) is 5.41 Å². The quantitative estimate of drug-likeness (QED) is 0.772. The number of rotatable bonds is 2. The summed E-state index contributed by atoms with van der Waals surface area (Å²) < 4.78 is 5.78. The Labute approximate surface area is 151 Å². The van der Waals surface area contributed by atoms with Gasteiger partial charge in [-0.1, -0.05) is 41.5 Å². The van der Waals surface area contributed by atoms with Gasteiger partial charge < -0.3 is 10.1 Å². The van der Waals surface area contributed by atoms with Gasteiger partial charge in [0.25, 0.3) is 5.91 Å². The Bertz CT molecular complexity index is 683. The summed E-state index contributed by atoms with van der Waals surface area (Å²) in [5.41, 5.74) is -1.46.